The standard InChI is InChI=1S/C15H18N4O2/c1-9(13-16-8-17-19-13)18-14(20)10-4-5-12-11(6-10)15(2,3)7-21-12/h4-6,8-9H,7H2,1-3H3,(H,18,20)(H,16,17,19). The number of rotatable bonds is 3. The lowest BCUT2D eigenvalue weighted by Crippen LogP contribution is -2.27. The molecular formula is C15H18N4O2. The Hall–Kier alpha value is -2.37. The molecule has 3 rings (SSSR count). The zero-order valence-electron chi connectivity index (χ0n) is 12.3. The molecule has 0 saturated carbocycles. The van der Waals surface area contributed by atoms with E-state index in [0.717, 1.165) is 11.3 Å². The summed E-state index contributed by atoms with van der Waals surface area (Å²) in [4.78, 5) is 16.4. The van der Waals surface area contributed by atoms with Crippen LogP contribution in [0, 0.1) is 0 Å². The first-order valence-electron chi connectivity index (χ1n) is 6.91. The van der Waals surface area contributed by atoms with Crippen LogP contribution in [0.5, 0.6) is 5.75 Å². The Morgan fingerprint density at radius 3 is 3.00 bits per heavy atom. The summed E-state index contributed by atoms with van der Waals surface area (Å²) >= 11 is 0. The summed E-state index contributed by atoms with van der Waals surface area (Å²) in [5.74, 6) is 1.36. The van der Waals surface area contributed by atoms with Gasteiger partial charge in [0.2, 0.25) is 0 Å². The number of fused-ring (bicyclic) bond motifs is 1. The van der Waals surface area contributed by atoms with Gasteiger partial charge in [0.25, 0.3) is 5.91 Å². The molecule has 0 radical (unpaired) electrons. The van der Waals surface area contributed by atoms with Gasteiger partial charge in [0.15, 0.2) is 0 Å². The summed E-state index contributed by atoms with van der Waals surface area (Å²) in [6.07, 6.45) is 1.42. The molecule has 110 valence electrons. The first kappa shape index (κ1) is 13.6. The molecule has 1 aromatic carbocycles. The highest BCUT2D eigenvalue weighted by molar-refractivity contribution is 5.95. The summed E-state index contributed by atoms with van der Waals surface area (Å²) < 4.78 is 5.63. The molecule has 1 aromatic heterocycles. The minimum atomic E-state index is -0.225. The van der Waals surface area contributed by atoms with Crippen LogP contribution >= 0.6 is 0 Å². The summed E-state index contributed by atoms with van der Waals surface area (Å²) in [6.45, 7) is 6.72. The van der Waals surface area contributed by atoms with Crippen LogP contribution in [-0.2, 0) is 5.41 Å². The average molecular weight is 286 g/mol. The van der Waals surface area contributed by atoms with Gasteiger partial charge < -0.3 is 10.1 Å². The summed E-state index contributed by atoms with van der Waals surface area (Å²) in [5.41, 5.74) is 1.63. The fourth-order valence-corrected chi connectivity index (χ4v) is 2.43. The van der Waals surface area contributed by atoms with E-state index in [1.54, 1.807) is 6.07 Å². The number of aromatic nitrogens is 3. The molecule has 0 saturated heterocycles. The van der Waals surface area contributed by atoms with E-state index in [1.807, 2.05) is 19.1 Å². The van der Waals surface area contributed by atoms with Crippen LogP contribution < -0.4 is 10.1 Å². The topological polar surface area (TPSA) is 79.9 Å². The number of nitrogens with zero attached hydrogens (tertiary/aromatic N) is 2. The normalized spacial score (nSPS) is 16.9. The lowest BCUT2D eigenvalue weighted by molar-refractivity contribution is 0.0938. The highest BCUT2D eigenvalue weighted by Crippen LogP contribution is 2.38. The maximum Gasteiger partial charge on any atom is 0.251 e. The molecule has 6 heteroatoms. The van der Waals surface area contributed by atoms with E-state index in [-0.39, 0.29) is 17.4 Å². The van der Waals surface area contributed by atoms with Gasteiger partial charge in [-0.3, -0.25) is 9.89 Å². The minimum absolute atomic E-state index is 0.0673. The minimum Gasteiger partial charge on any atom is -0.492 e. The fourth-order valence-electron chi connectivity index (χ4n) is 2.43. The Kier molecular flexibility index (Phi) is 3.16. The molecule has 2 aromatic rings. The van der Waals surface area contributed by atoms with Gasteiger partial charge in [0, 0.05) is 16.5 Å². The zero-order valence-corrected chi connectivity index (χ0v) is 12.3. The van der Waals surface area contributed by atoms with Crippen molar-refractivity contribution in [2.75, 3.05) is 6.61 Å². The Morgan fingerprint density at radius 2 is 2.29 bits per heavy atom. The van der Waals surface area contributed by atoms with E-state index in [4.69, 9.17) is 4.74 Å². The van der Waals surface area contributed by atoms with Crippen molar-refractivity contribution in [2.45, 2.75) is 32.2 Å². The molecule has 2 N–H and O–H groups in total. The molecule has 1 aliphatic rings. The highest BCUT2D eigenvalue weighted by atomic mass is 16.5. The zero-order chi connectivity index (χ0) is 15.0. The number of aromatic amines is 1. The average Bonchev–Trinajstić information content (AvgIpc) is 3.07. The van der Waals surface area contributed by atoms with Crippen LogP contribution in [0.4, 0.5) is 0 Å². The number of hydrogen-bond acceptors (Lipinski definition) is 4. The van der Waals surface area contributed by atoms with Crippen LogP contribution in [0.25, 0.3) is 0 Å². The van der Waals surface area contributed by atoms with Crippen molar-refractivity contribution in [1.82, 2.24) is 20.5 Å². The first-order chi connectivity index (χ1) is 9.97. The smallest absolute Gasteiger partial charge is 0.251 e. The van der Waals surface area contributed by atoms with Crippen molar-refractivity contribution in [1.29, 1.82) is 0 Å². The molecule has 21 heavy (non-hydrogen) atoms. The molecule has 0 bridgehead atoms. The predicted molar refractivity (Wildman–Crippen MR) is 77.2 cm³/mol. The number of nitrogens with one attached hydrogen (secondary N) is 2. The first-order valence-corrected chi connectivity index (χ1v) is 6.91. The van der Waals surface area contributed by atoms with Crippen molar-refractivity contribution in [3.8, 4) is 5.75 Å². The number of carbonyl (C=O) groups excluding carboxylic acids is 1. The second-order valence-corrected chi connectivity index (χ2v) is 5.95. The Morgan fingerprint density at radius 1 is 1.48 bits per heavy atom. The van der Waals surface area contributed by atoms with E-state index in [1.165, 1.54) is 6.33 Å². The van der Waals surface area contributed by atoms with Crippen molar-refractivity contribution < 1.29 is 9.53 Å². The van der Waals surface area contributed by atoms with Crippen LogP contribution in [0.2, 0.25) is 0 Å². The van der Waals surface area contributed by atoms with Gasteiger partial charge >= 0.3 is 0 Å². The molecule has 1 unspecified atom stereocenters. The second kappa shape index (κ2) is 4.87. The summed E-state index contributed by atoms with van der Waals surface area (Å²) in [5, 5.41) is 9.44. The summed E-state index contributed by atoms with van der Waals surface area (Å²) in [6, 6.07) is 5.32. The number of hydrogen-bond donors (Lipinski definition) is 2. The SMILES string of the molecule is CC(NC(=O)c1ccc2c(c1)C(C)(C)CO2)c1ncn[nH]1. The van der Waals surface area contributed by atoms with Gasteiger partial charge in [0.1, 0.15) is 17.9 Å². The van der Waals surface area contributed by atoms with Gasteiger partial charge in [-0.05, 0) is 25.1 Å². The second-order valence-electron chi connectivity index (χ2n) is 5.95. The molecule has 1 amide bonds. The van der Waals surface area contributed by atoms with Crippen molar-refractivity contribution in [3.63, 3.8) is 0 Å². The third kappa shape index (κ3) is 2.49. The highest BCUT2D eigenvalue weighted by Gasteiger charge is 2.32. The predicted octanol–water partition coefficient (Wildman–Crippen LogP) is 1.97. The van der Waals surface area contributed by atoms with E-state index in [9.17, 15) is 4.79 Å². The van der Waals surface area contributed by atoms with Crippen LogP contribution in [0.15, 0.2) is 24.5 Å². The number of ether oxygens (including phenoxy) is 1. The van der Waals surface area contributed by atoms with Gasteiger partial charge in [0.05, 0.1) is 12.6 Å². The molecule has 0 aliphatic carbocycles. The van der Waals surface area contributed by atoms with Gasteiger partial charge in [-0.2, -0.15) is 5.10 Å². The molecule has 0 spiro atoms. The third-order valence-electron chi connectivity index (χ3n) is 3.75. The number of amides is 1. The Labute approximate surface area is 122 Å². The van der Waals surface area contributed by atoms with Gasteiger partial charge in [-0.25, -0.2) is 4.98 Å². The van der Waals surface area contributed by atoms with Crippen molar-refractivity contribution in [3.05, 3.63) is 41.5 Å². The quantitative estimate of drug-likeness (QED) is 0.904. The van der Waals surface area contributed by atoms with Gasteiger partial charge in [-0.1, -0.05) is 13.8 Å². The van der Waals surface area contributed by atoms with Crippen LogP contribution in [0.1, 0.15) is 48.6 Å². The van der Waals surface area contributed by atoms with Crippen molar-refractivity contribution >= 4 is 5.91 Å². The lowest BCUT2D eigenvalue weighted by atomic mass is 9.86. The van der Waals surface area contributed by atoms with Crippen molar-refractivity contribution in [2.24, 2.45) is 0 Å². The number of H-pyrrole nitrogens is 1. The summed E-state index contributed by atoms with van der Waals surface area (Å²) in [7, 11) is 0. The lowest BCUT2D eigenvalue weighted by Gasteiger charge is -2.16. The number of carbonyl (C=O) groups is 1. The maximum atomic E-state index is 12.3. The molecule has 6 nitrogen and oxygen atoms in total. The van der Waals surface area contributed by atoms with E-state index in [2.05, 4.69) is 34.3 Å². The Bertz CT molecular complexity index is 664. The van der Waals surface area contributed by atoms with Crippen LogP contribution in [0.3, 0.4) is 0 Å². The Balaban J connectivity index is 1.80. The molecule has 0 fully saturated rings. The third-order valence-corrected chi connectivity index (χ3v) is 3.75. The largest absolute Gasteiger partial charge is 0.492 e. The van der Waals surface area contributed by atoms with E-state index < -0.39 is 0 Å². The number of benzene rings is 1. The van der Waals surface area contributed by atoms with E-state index in [0.29, 0.717) is 18.0 Å². The van der Waals surface area contributed by atoms with E-state index >= 15 is 0 Å². The molecule has 1 aliphatic heterocycles. The van der Waals surface area contributed by atoms with Crippen LogP contribution in [-0.4, -0.2) is 27.7 Å². The van der Waals surface area contributed by atoms with Gasteiger partial charge in [-0.15, -0.1) is 0 Å². The molecule has 2 heterocycles. The monoisotopic (exact) mass is 286 g/mol. The fraction of sp³-hybridized carbons (Fsp3) is 0.400. The molecular weight excluding hydrogens is 268 g/mol. The molecule has 1 atom stereocenters. The maximum absolute atomic E-state index is 12.3.